The van der Waals surface area contributed by atoms with Gasteiger partial charge in [-0.1, -0.05) is 0 Å². The van der Waals surface area contributed by atoms with Crippen molar-refractivity contribution in [2.45, 2.75) is 24.6 Å². The van der Waals surface area contributed by atoms with Crippen LogP contribution in [0.1, 0.15) is 13.8 Å². The third kappa shape index (κ3) is 2.58. The molecule has 15 heavy (non-hydrogen) atoms. The van der Waals surface area contributed by atoms with Crippen LogP contribution in [0.2, 0.25) is 5.32 Å². The summed E-state index contributed by atoms with van der Waals surface area (Å²) < 4.78 is 2.03. The van der Waals surface area contributed by atoms with Crippen LogP contribution in [0.3, 0.4) is 0 Å². The Balaban J connectivity index is 2.08. The number of rotatable bonds is 4. The van der Waals surface area contributed by atoms with E-state index >= 15 is 0 Å². The number of nitrogens with zero attached hydrogens (tertiary/aromatic N) is 3. The average Bonchev–Trinajstić information content (AvgIpc) is 2.62. The van der Waals surface area contributed by atoms with Crippen LogP contribution in [0, 0.1) is 5.92 Å². The Bertz CT molecular complexity index is 436. The van der Waals surface area contributed by atoms with Crippen molar-refractivity contribution in [1.29, 1.82) is 0 Å². The predicted octanol–water partition coefficient (Wildman–Crippen LogP) is 2.17. The van der Waals surface area contributed by atoms with E-state index in [0.717, 1.165) is 22.4 Å². The molecule has 2 rings (SSSR count). The van der Waals surface area contributed by atoms with E-state index in [1.807, 2.05) is 22.9 Å². The van der Waals surface area contributed by atoms with Crippen molar-refractivity contribution in [3.8, 4) is 0 Å². The zero-order valence-electron chi connectivity index (χ0n) is 9.05. The predicted molar refractivity (Wildman–Crippen MR) is 62.9 cm³/mol. The summed E-state index contributed by atoms with van der Waals surface area (Å²) in [6.45, 7) is 4.53. The standard InChI is InChI=1S/C11H15N3Se/c1-9(2)7-15-8-14-11-6-4-3-5-10(11)12-13-14/h3-6,9H,7-8H2,1-2H3. The van der Waals surface area contributed by atoms with Crippen LogP contribution in [0.5, 0.6) is 0 Å². The number of hydrogen-bond donors (Lipinski definition) is 0. The van der Waals surface area contributed by atoms with Gasteiger partial charge in [-0.25, -0.2) is 0 Å². The third-order valence-corrected chi connectivity index (χ3v) is 4.87. The van der Waals surface area contributed by atoms with Crippen molar-refractivity contribution in [2.24, 2.45) is 5.92 Å². The van der Waals surface area contributed by atoms with Gasteiger partial charge >= 0.3 is 95.8 Å². The zero-order valence-corrected chi connectivity index (χ0v) is 10.8. The molecule has 1 aromatic heterocycles. The van der Waals surface area contributed by atoms with Crippen LogP contribution in [0.4, 0.5) is 0 Å². The Labute approximate surface area is 96.0 Å². The molecule has 3 nitrogen and oxygen atoms in total. The van der Waals surface area contributed by atoms with Gasteiger partial charge < -0.3 is 0 Å². The molecule has 0 spiro atoms. The van der Waals surface area contributed by atoms with E-state index < -0.39 is 0 Å². The Morgan fingerprint density at radius 3 is 2.93 bits per heavy atom. The van der Waals surface area contributed by atoms with Gasteiger partial charge in [-0.15, -0.1) is 0 Å². The first-order chi connectivity index (χ1) is 7.27. The van der Waals surface area contributed by atoms with E-state index in [9.17, 15) is 0 Å². The third-order valence-electron chi connectivity index (χ3n) is 2.08. The summed E-state index contributed by atoms with van der Waals surface area (Å²) in [7, 11) is 0. The van der Waals surface area contributed by atoms with Crippen LogP contribution >= 0.6 is 0 Å². The second-order valence-electron chi connectivity index (χ2n) is 3.97. The van der Waals surface area contributed by atoms with Gasteiger partial charge in [-0.05, 0) is 0 Å². The topological polar surface area (TPSA) is 30.7 Å². The molecule has 1 aromatic carbocycles. The van der Waals surface area contributed by atoms with E-state index in [4.69, 9.17) is 0 Å². The molecular formula is C11H15N3Se. The number of aromatic nitrogens is 3. The number of para-hydroxylation sites is 1. The first-order valence-corrected chi connectivity index (χ1v) is 7.55. The molecule has 0 amide bonds. The van der Waals surface area contributed by atoms with Gasteiger partial charge in [0, 0.05) is 0 Å². The van der Waals surface area contributed by atoms with Crippen molar-refractivity contribution in [1.82, 2.24) is 15.0 Å². The molecule has 4 heteroatoms. The van der Waals surface area contributed by atoms with E-state index in [1.54, 1.807) is 0 Å². The summed E-state index contributed by atoms with van der Waals surface area (Å²) in [5.74, 6) is 0.791. The summed E-state index contributed by atoms with van der Waals surface area (Å²) >= 11 is 0.630. The van der Waals surface area contributed by atoms with Crippen molar-refractivity contribution < 1.29 is 0 Å². The van der Waals surface area contributed by atoms with Crippen molar-refractivity contribution >= 4 is 26.0 Å². The van der Waals surface area contributed by atoms with Gasteiger partial charge in [-0.2, -0.15) is 0 Å². The fraction of sp³-hybridized carbons (Fsp3) is 0.455. The van der Waals surface area contributed by atoms with Crippen molar-refractivity contribution in [2.75, 3.05) is 0 Å². The van der Waals surface area contributed by atoms with Crippen LogP contribution < -0.4 is 0 Å². The Hall–Kier alpha value is -0.861. The molecule has 0 atom stereocenters. The summed E-state index contributed by atoms with van der Waals surface area (Å²) in [5, 5.41) is 9.62. The minimum absolute atomic E-state index is 0.630. The monoisotopic (exact) mass is 269 g/mol. The molecule has 1 heterocycles. The van der Waals surface area contributed by atoms with Gasteiger partial charge in [0.05, 0.1) is 0 Å². The van der Waals surface area contributed by atoms with Crippen LogP contribution in [0.15, 0.2) is 24.3 Å². The second kappa shape index (κ2) is 4.77. The second-order valence-corrected chi connectivity index (χ2v) is 6.07. The average molecular weight is 268 g/mol. The van der Waals surface area contributed by atoms with Crippen LogP contribution in [-0.2, 0) is 5.44 Å². The number of benzene rings is 1. The number of fused-ring (bicyclic) bond motifs is 1. The molecule has 0 fully saturated rings. The summed E-state index contributed by atoms with van der Waals surface area (Å²) in [6, 6.07) is 8.13. The molecule has 0 bridgehead atoms. The molecule has 0 aliphatic carbocycles. The van der Waals surface area contributed by atoms with E-state index in [-0.39, 0.29) is 0 Å². The molecule has 80 valence electrons. The van der Waals surface area contributed by atoms with Gasteiger partial charge in [0.1, 0.15) is 0 Å². The molecule has 0 aliphatic heterocycles. The Kier molecular flexibility index (Phi) is 3.39. The van der Waals surface area contributed by atoms with Crippen molar-refractivity contribution in [3.63, 3.8) is 0 Å². The van der Waals surface area contributed by atoms with Gasteiger partial charge in [0.2, 0.25) is 0 Å². The van der Waals surface area contributed by atoms with Crippen LogP contribution in [-0.4, -0.2) is 30.0 Å². The maximum atomic E-state index is 4.17. The summed E-state index contributed by atoms with van der Waals surface area (Å²) in [6.07, 6.45) is 0. The molecule has 0 radical (unpaired) electrons. The van der Waals surface area contributed by atoms with Gasteiger partial charge in [-0.3, -0.25) is 0 Å². The molecule has 0 N–H and O–H groups in total. The van der Waals surface area contributed by atoms with E-state index in [2.05, 4.69) is 30.2 Å². The normalized spacial score (nSPS) is 11.4. The van der Waals surface area contributed by atoms with E-state index in [0.29, 0.717) is 15.0 Å². The molecule has 0 unspecified atom stereocenters. The molecule has 0 saturated carbocycles. The van der Waals surface area contributed by atoms with E-state index in [1.165, 1.54) is 5.32 Å². The Morgan fingerprint density at radius 1 is 1.33 bits per heavy atom. The van der Waals surface area contributed by atoms with Gasteiger partial charge in [0.25, 0.3) is 0 Å². The molecule has 0 aliphatic rings. The fourth-order valence-corrected chi connectivity index (χ4v) is 3.36. The molecular weight excluding hydrogens is 253 g/mol. The first kappa shape index (κ1) is 10.7. The quantitative estimate of drug-likeness (QED) is 0.796. The minimum atomic E-state index is 0.630. The Morgan fingerprint density at radius 2 is 2.13 bits per heavy atom. The first-order valence-electron chi connectivity index (χ1n) is 5.13. The van der Waals surface area contributed by atoms with Crippen LogP contribution in [0.25, 0.3) is 11.0 Å². The molecule has 0 saturated heterocycles. The SMILES string of the molecule is CC(C)C[Se]Cn1nnc2ccccc21. The van der Waals surface area contributed by atoms with Crippen molar-refractivity contribution in [3.05, 3.63) is 24.3 Å². The summed E-state index contributed by atoms with van der Waals surface area (Å²) in [4.78, 5) is 0. The fourth-order valence-electron chi connectivity index (χ4n) is 1.39. The zero-order chi connectivity index (χ0) is 10.7. The molecule has 2 aromatic rings. The van der Waals surface area contributed by atoms with Gasteiger partial charge in [0.15, 0.2) is 0 Å². The summed E-state index contributed by atoms with van der Waals surface area (Å²) in [5.41, 5.74) is 3.19. The number of hydrogen-bond acceptors (Lipinski definition) is 2. The maximum absolute atomic E-state index is 4.17.